The molecule has 5 nitrogen and oxygen atoms in total. The van der Waals surface area contributed by atoms with Crippen molar-refractivity contribution >= 4 is 5.82 Å². The van der Waals surface area contributed by atoms with Gasteiger partial charge < -0.3 is 10.5 Å². The van der Waals surface area contributed by atoms with E-state index < -0.39 is 0 Å². The number of ether oxygens (including phenoxy) is 1. The second-order valence-electron chi connectivity index (χ2n) is 4.45. The van der Waals surface area contributed by atoms with E-state index in [0.717, 1.165) is 24.4 Å². The molecule has 0 amide bonds. The molecule has 0 radical (unpaired) electrons. The number of aryl methyl sites for hydroxylation is 1. The Morgan fingerprint density at radius 3 is 2.89 bits per heavy atom. The number of nitrogen functional groups attached to an aromatic ring is 1. The van der Waals surface area contributed by atoms with Crippen LogP contribution in [0.4, 0.5) is 5.82 Å². The van der Waals surface area contributed by atoms with Crippen LogP contribution >= 0.6 is 0 Å². The lowest BCUT2D eigenvalue weighted by Gasteiger charge is -2.08. The first-order valence-corrected chi connectivity index (χ1v) is 5.96. The molecule has 2 aromatic heterocycles. The third-order valence-electron chi connectivity index (χ3n) is 2.86. The van der Waals surface area contributed by atoms with Gasteiger partial charge in [0.1, 0.15) is 11.6 Å². The maximum Gasteiger partial charge on any atom is 0.224 e. The average molecular weight is 242 g/mol. The van der Waals surface area contributed by atoms with E-state index in [4.69, 9.17) is 10.5 Å². The molecular weight excluding hydrogens is 228 g/mol. The van der Waals surface area contributed by atoms with Gasteiger partial charge >= 0.3 is 0 Å². The fraction of sp³-hybridized carbons (Fsp3) is 0.308. The summed E-state index contributed by atoms with van der Waals surface area (Å²) >= 11 is 0. The molecule has 2 N–H and O–H groups in total. The van der Waals surface area contributed by atoms with Gasteiger partial charge in [-0.1, -0.05) is 0 Å². The summed E-state index contributed by atoms with van der Waals surface area (Å²) in [7, 11) is 0. The minimum Gasteiger partial charge on any atom is -0.437 e. The van der Waals surface area contributed by atoms with Crippen LogP contribution in [0, 0.1) is 6.92 Å². The Kier molecular flexibility index (Phi) is 2.59. The first-order chi connectivity index (χ1) is 8.72. The Balaban J connectivity index is 1.90. The predicted molar refractivity (Wildman–Crippen MR) is 67.5 cm³/mol. The highest BCUT2D eigenvalue weighted by molar-refractivity contribution is 5.37. The fourth-order valence-corrected chi connectivity index (χ4v) is 1.73. The topological polar surface area (TPSA) is 73.9 Å². The Hall–Kier alpha value is -2.17. The molecule has 1 saturated carbocycles. The van der Waals surface area contributed by atoms with Gasteiger partial charge in [0, 0.05) is 18.2 Å². The van der Waals surface area contributed by atoms with Crippen molar-refractivity contribution in [3.8, 4) is 11.6 Å². The van der Waals surface area contributed by atoms with Crippen LogP contribution < -0.4 is 10.5 Å². The van der Waals surface area contributed by atoms with Gasteiger partial charge in [-0.05, 0) is 31.9 Å². The standard InChI is InChI=1S/C13H14N4O/c1-8-10(3-2-6-15-8)18-12-7-11(14)16-13(17-12)9-4-5-9/h2-3,6-7,9H,4-5H2,1H3,(H2,14,16,17). The van der Waals surface area contributed by atoms with E-state index in [1.807, 2.05) is 19.1 Å². The Morgan fingerprint density at radius 2 is 2.17 bits per heavy atom. The van der Waals surface area contributed by atoms with E-state index in [-0.39, 0.29) is 0 Å². The molecule has 2 heterocycles. The molecule has 0 saturated heterocycles. The zero-order chi connectivity index (χ0) is 12.5. The highest BCUT2D eigenvalue weighted by atomic mass is 16.5. The van der Waals surface area contributed by atoms with Gasteiger partial charge in [0.2, 0.25) is 5.88 Å². The number of aromatic nitrogens is 3. The molecule has 0 unspecified atom stereocenters. The molecule has 1 aliphatic rings. The summed E-state index contributed by atoms with van der Waals surface area (Å²) in [5.74, 6) is 2.86. The molecule has 2 aromatic rings. The van der Waals surface area contributed by atoms with Crippen LogP contribution in [0.1, 0.15) is 30.3 Å². The Labute approximate surface area is 105 Å². The van der Waals surface area contributed by atoms with Crippen molar-refractivity contribution in [2.24, 2.45) is 0 Å². The molecule has 3 rings (SSSR count). The monoisotopic (exact) mass is 242 g/mol. The van der Waals surface area contributed by atoms with Gasteiger partial charge in [0.05, 0.1) is 5.69 Å². The molecule has 0 atom stereocenters. The summed E-state index contributed by atoms with van der Waals surface area (Å²) < 4.78 is 5.71. The smallest absolute Gasteiger partial charge is 0.224 e. The summed E-state index contributed by atoms with van der Waals surface area (Å²) in [6.07, 6.45) is 4.00. The van der Waals surface area contributed by atoms with Gasteiger partial charge in [0.15, 0.2) is 5.75 Å². The summed E-state index contributed by atoms with van der Waals surface area (Å²) in [6.45, 7) is 1.89. The number of pyridine rings is 1. The van der Waals surface area contributed by atoms with Crippen molar-refractivity contribution < 1.29 is 4.74 Å². The molecule has 0 bridgehead atoms. The van der Waals surface area contributed by atoms with Crippen LogP contribution in [0.3, 0.4) is 0 Å². The molecule has 0 aromatic carbocycles. The summed E-state index contributed by atoms with van der Waals surface area (Å²) in [5, 5.41) is 0. The first kappa shape index (κ1) is 11.0. The molecule has 5 heteroatoms. The third kappa shape index (κ3) is 2.25. The van der Waals surface area contributed by atoms with E-state index in [2.05, 4.69) is 15.0 Å². The normalized spacial score (nSPS) is 14.5. The van der Waals surface area contributed by atoms with Crippen LogP contribution in [-0.4, -0.2) is 15.0 Å². The van der Waals surface area contributed by atoms with Gasteiger partial charge in [0.25, 0.3) is 0 Å². The minimum atomic E-state index is 0.448. The molecule has 18 heavy (non-hydrogen) atoms. The van der Waals surface area contributed by atoms with Crippen LogP contribution in [0.25, 0.3) is 0 Å². The number of nitrogens with zero attached hydrogens (tertiary/aromatic N) is 3. The van der Waals surface area contributed by atoms with Crippen LogP contribution in [0.2, 0.25) is 0 Å². The Bertz CT molecular complexity index is 581. The molecule has 92 valence electrons. The molecule has 1 aliphatic carbocycles. The van der Waals surface area contributed by atoms with E-state index in [0.29, 0.717) is 23.4 Å². The van der Waals surface area contributed by atoms with Gasteiger partial charge in [-0.25, -0.2) is 4.98 Å². The highest BCUT2D eigenvalue weighted by Gasteiger charge is 2.27. The largest absolute Gasteiger partial charge is 0.437 e. The van der Waals surface area contributed by atoms with Crippen molar-refractivity contribution in [2.45, 2.75) is 25.7 Å². The Morgan fingerprint density at radius 1 is 1.33 bits per heavy atom. The van der Waals surface area contributed by atoms with Gasteiger partial charge in [-0.3, -0.25) is 4.98 Å². The summed E-state index contributed by atoms with van der Waals surface area (Å²) in [4.78, 5) is 12.8. The molecule has 0 aliphatic heterocycles. The fourth-order valence-electron chi connectivity index (χ4n) is 1.73. The van der Waals surface area contributed by atoms with Crippen LogP contribution in [0.5, 0.6) is 11.6 Å². The first-order valence-electron chi connectivity index (χ1n) is 5.96. The average Bonchev–Trinajstić information content (AvgIpc) is 3.15. The maximum absolute atomic E-state index is 5.77. The number of anilines is 1. The van der Waals surface area contributed by atoms with E-state index in [1.54, 1.807) is 12.3 Å². The molecule has 0 spiro atoms. The van der Waals surface area contributed by atoms with Crippen molar-refractivity contribution in [3.05, 3.63) is 35.9 Å². The quantitative estimate of drug-likeness (QED) is 0.894. The number of rotatable bonds is 3. The van der Waals surface area contributed by atoms with E-state index in [1.165, 1.54) is 0 Å². The second-order valence-corrected chi connectivity index (χ2v) is 4.45. The van der Waals surface area contributed by atoms with Gasteiger partial charge in [-0.15, -0.1) is 0 Å². The van der Waals surface area contributed by atoms with E-state index in [9.17, 15) is 0 Å². The SMILES string of the molecule is Cc1ncccc1Oc1cc(N)nc(C2CC2)n1. The maximum atomic E-state index is 5.77. The lowest BCUT2D eigenvalue weighted by molar-refractivity contribution is 0.453. The number of nitrogens with two attached hydrogens (primary N) is 1. The van der Waals surface area contributed by atoms with E-state index >= 15 is 0 Å². The summed E-state index contributed by atoms with van der Waals surface area (Å²) in [5.41, 5.74) is 6.59. The zero-order valence-corrected chi connectivity index (χ0v) is 10.1. The van der Waals surface area contributed by atoms with Gasteiger partial charge in [-0.2, -0.15) is 4.98 Å². The minimum absolute atomic E-state index is 0.448. The molecule has 1 fully saturated rings. The predicted octanol–water partition coefficient (Wildman–Crippen LogP) is 2.43. The summed E-state index contributed by atoms with van der Waals surface area (Å²) in [6, 6.07) is 5.32. The second kappa shape index (κ2) is 4.25. The van der Waals surface area contributed by atoms with Crippen molar-refractivity contribution in [1.29, 1.82) is 0 Å². The lowest BCUT2D eigenvalue weighted by atomic mass is 10.3. The highest BCUT2D eigenvalue weighted by Crippen LogP contribution is 2.39. The van der Waals surface area contributed by atoms with Crippen molar-refractivity contribution in [3.63, 3.8) is 0 Å². The zero-order valence-electron chi connectivity index (χ0n) is 10.1. The third-order valence-corrected chi connectivity index (χ3v) is 2.86. The van der Waals surface area contributed by atoms with Crippen molar-refractivity contribution in [2.75, 3.05) is 5.73 Å². The van der Waals surface area contributed by atoms with Crippen molar-refractivity contribution in [1.82, 2.24) is 15.0 Å². The van der Waals surface area contributed by atoms with Crippen LogP contribution in [-0.2, 0) is 0 Å². The number of hydrogen-bond acceptors (Lipinski definition) is 5. The number of hydrogen-bond donors (Lipinski definition) is 1. The molecular formula is C13H14N4O. The van der Waals surface area contributed by atoms with Crippen LogP contribution in [0.15, 0.2) is 24.4 Å². The lowest BCUT2D eigenvalue weighted by Crippen LogP contribution is -2.01.